The summed E-state index contributed by atoms with van der Waals surface area (Å²) >= 11 is 3.13. The van der Waals surface area contributed by atoms with E-state index in [4.69, 9.17) is 22.8 Å². The zero-order valence-electron chi connectivity index (χ0n) is 17.0. The van der Waals surface area contributed by atoms with Crippen LogP contribution in [0.3, 0.4) is 0 Å². The molecule has 0 unspecified atom stereocenters. The Kier molecular flexibility index (Phi) is 40.3. The Morgan fingerprint density at radius 2 is 1.85 bits per heavy atom. The normalized spacial score (nSPS) is 7.67. The van der Waals surface area contributed by atoms with E-state index in [-0.39, 0.29) is 38.1 Å². The molecule has 1 rings (SSSR count). The number of carbonyl (C=O) groups is 1. The molecule has 2 N–H and O–H groups in total. The molecule has 0 amide bonds. The van der Waals surface area contributed by atoms with Gasteiger partial charge < -0.3 is 9.64 Å². The van der Waals surface area contributed by atoms with E-state index in [1.807, 2.05) is 0 Å². The molecule has 0 spiro atoms. The van der Waals surface area contributed by atoms with Gasteiger partial charge in [-0.15, -0.1) is 0 Å². The number of aldehydes is 1. The number of unbranched alkanes of at least 4 members (excludes halogenated alkanes) is 4. The Balaban J connectivity index is -0.000000152. The van der Waals surface area contributed by atoms with E-state index in [0.29, 0.717) is 0 Å². The second kappa shape index (κ2) is 31.2. The maximum atomic E-state index is 9.68. The summed E-state index contributed by atoms with van der Waals surface area (Å²) in [6.45, 7) is 10.3. The van der Waals surface area contributed by atoms with E-state index in [9.17, 15) is 4.79 Å². The van der Waals surface area contributed by atoms with Crippen LogP contribution in [0.15, 0.2) is 4.94 Å². The Morgan fingerprint density at radius 3 is 2.22 bits per heavy atom. The number of rotatable bonds is 7. The van der Waals surface area contributed by atoms with Crippen LogP contribution in [-0.4, -0.2) is 88.0 Å². The predicted octanol–water partition coefficient (Wildman–Crippen LogP) is 2.06. The van der Waals surface area contributed by atoms with Gasteiger partial charge in [0.25, 0.3) is 6.54 Å². The van der Waals surface area contributed by atoms with Crippen molar-refractivity contribution in [3.05, 3.63) is 27.5 Å². The molecule has 0 fully saturated rings. The second-order valence-corrected chi connectivity index (χ2v) is 6.76. The van der Waals surface area contributed by atoms with Crippen LogP contribution >= 0.6 is 0 Å². The summed E-state index contributed by atoms with van der Waals surface area (Å²) in [7, 11) is 0. The number of nitrogen functional groups attached to an aromatic ring is 1. The number of aryl methyl sites for hydroxylation is 1. The van der Waals surface area contributed by atoms with Crippen LogP contribution in [0.2, 0.25) is 0 Å². The van der Waals surface area contributed by atoms with Crippen molar-refractivity contribution in [3.63, 3.8) is 0 Å². The number of hydrogen-bond donors (Lipinski definition) is 1. The molecule has 0 saturated carbocycles. The van der Waals surface area contributed by atoms with Gasteiger partial charge in [0.15, 0.2) is 0 Å². The van der Waals surface area contributed by atoms with Crippen LogP contribution in [0.1, 0.15) is 63.5 Å². The van der Waals surface area contributed by atoms with Crippen molar-refractivity contribution in [1.82, 2.24) is 0 Å². The van der Waals surface area contributed by atoms with E-state index < -0.39 is 0 Å². The van der Waals surface area contributed by atoms with Crippen molar-refractivity contribution >= 4 is 86.0 Å². The molecule has 0 bridgehead atoms. The molecule has 0 saturated heterocycles. The first-order valence-electron chi connectivity index (χ1n) is 9.02. The van der Waals surface area contributed by atoms with E-state index in [2.05, 4.69) is 29.7 Å². The molecule has 0 aliphatic heterocycles. The SMILES string of the molecule is CCCCCC=O.CCCCc1c[se]c(N)c1C#N.[C-]#[N+]CC#N.[Na][Na].[SeH2]. The summed E-state index contributed by atoms with van der Waals surface area (Å²) in [5.74, 6) is 0. The molecule has 140 valence electrons. The van der Waals surface area contributed by atoms with Gasteiger partial charge in [0.05, 0.1) is 0 Å². The zero-order chi connectivity index (χ0) is 20.6. The molecule has 9 heteroatoms. The van der Waals surface area contributed by atoms with Crippen LogP contribution in [0.25, 0.3) is 4.85 Å². The molecule has 0 atom stereocenters. The van der Waals surface area contributed by atoms with E-state index in [0.717, 1.165) is 42.1 Å². The third kappa shape index (κ3) is 24.4. The molecule has 0 aromatic carbocycles. The van der Waals surface area contributed by atoms with Gasteiger partial charge in [0.1, 0.15) is 12.4 Å². The average Bonchev–Trinajstić information content (AvgIpc) is 3.03. The second-order valence-electron chi connectivity index (χ2n) is 4.85. The van der Waals surface area contributed by atoms with Crippen molar-refractivity contribution in [1.29, 1.82) is 10.5 Å². The molecular formula is C18H28N4Na2OSe2. The van der Waals surface area contributed by atoms with Crippen molar-refractivity contribution in [2.45, 2.75) is 58.8 Å². The molecule has 27 heavy (non-hydrogen) atoms. The minimum atomic E-state index is -0.0139. The monoisotopic (exact) mass is 522 g/mol. The zero-order valence-corrected chi connectivity index (χ0v) is 24.9. The van der Waals surface area contributed by atoms with Crippen LogP contribution in [0.5, 0.6) is 0 Å². The van der Waals surface area contributed by atoms with Crippen molar-refractivity contribution < 1.29 is 4.79 Å². The van der Waals surface area contributed by atoms with Gasteiger partial charge in [-0.1, -0.05) is 19.8 Å². The molecule has 0 radical (unpaired) electrons. The molecule has 0 aliphatic rings. The Morgan fingerprint density at radius 1 is 1.26 bits per heavy atom. The van der Waals surface area contributed by atoms with Gasteiger partial charge in [-0.2, -0.15) is 5.26 Å². The number of nitrogens with zero attached hydrogens (tertiary/aromatic N) is 3. The number of anilines is 1. The Bertz CT molecular complexity index is 563. The fourth-order valence-corrected chi connectivity index (χ4v) is 3.28. The Labute approximate surface area is 209 Å². The summed E-state index contributed by atoms with van der Waals surface area (Å²) in [4.78, 5) is 14.6. The predicted molar refractivity (Wildman–Crippen MR) is 118 cm³/mol. The maximum absolute atomic E-state index is 9.68. The van der Waals surface area contributed by atoms with Gasteiger partial charge in [0, 0.05) is 6.42 Å². The molecule has 1 heterocycles. The molecule has 0 aliphatic carbocycles. The van der Waals surface area contributed by atoms with Gasteiger partial charge in [-0.25, -0.2) is 6.57 Å². The number of carbonyl (C=O) groups excluding carboxylic acids is 1. The van der Waals surface area contributed by atoms with Crippen molar-refractivity contribution in [2.24, 2.45) is 0 Å². The van der Waals surface area contributed by atoms with Crippen molar-refractivity contribution in [3.8, 4) is 12.1 Å². The van der Waals surface area contributed by atoms with Gasteiger partial charge in [0.2, 0.25) is 0 Å². The van der Waals surface area contributed by atoms with Gasteiger partial charge in [-0.3, -0.25) is 0 Å². The summed E-state index contributed by atoms with van der Waals surface area (Å²) in [5, 5.41) is 16.4. The van der Waals surface area contributed by atoms with E-state index in [1.54, 1.807) is 6.07 Å². The molecule has 5 nitrogen and oxygen atoms in total. The first kappa shape index (κ1) is 34.9. The third-order valence-corrected chi connectivity index (χ3v) is 4.69. The van der Waals surface area contributed by atoms with Gasteiger partial charge in [-0.05, 0) is 6.42 Å². The first-order chi connectivity index (χ1) is 12.6. The quantitative estimate of drug-likeness (QED) is 0.196. The standard InChI is InChI=1S/C9H12N2Se.C6H12O.C3H2N2.2Na.H2Se/c1-2-3-4-7-6-12-9(11)8(7)5-10;1-2-3-4-5-6-7;1-5-3-2-4;;;/h6H,2-4,11H2,1H3;6H,2-5H2,1H3;3H2;;;1H2. The fraction of sp³-hybridized carbons (Fsp3) is 0.556. The van der Waals surface area contributed by atoms with Crippen LogP contribution < -0.4 is 5.73 Å². The van der Waals surface area contributed by atoms with Crippen LogP contribution in [-0.2, 0) is 11.2 Å². The number of nitrogens with two attached hydrogens (primary N) is 1. The molecular weight excluding hydrogens is 492 g/mol. The summed E-state index contributed by atoms with van der Waals surface area (Å²) in [5.41, 5.74) is 7.62. The van der Waals surface area contributed by atoms with Crippen LogP contribution in [0, 0.1) is 29.2 Å². The average molecular weight is 520 g/mol. The summed E-state index contributed by atoms with van der Waals surface area (Å²) in [6.07, 6.45) is 8.53. The number of hydrogen-bond acceptors (Lipinski definition) is 4. The summed E-state index contributed by atoms with van der Waals surface area (Å²) < 4.78 is 0.802. The Hall–Kier alpha value is 0.459. The minimum absolute atomic E-state index is 0. The first-order valence-corrected chi connectivity index (χ1v) is 18.9. The van der Waals surface area contributed by atoms with Gasteiger partial charge >= 0.3 is 139 Å². The molecule has 1 aromatic rings. The van der Waals surface area contributed by atoms with E-state index in [1.165, 1.54) is 68.4 Å². The third-order valence-electron chi connectivity index (χ3n) is 2.88. The van der Waals surface area contributed by atoms with Crippen molar-refractivity contribution in [2.75, 3.05) is 12.3 Å². The topological polar surface area (TPSA) is 95.0 Å². The number of nitriles is 2. The molecule has 1 aromatic heterocycles. The fourth-order valence-electron chi connectivity index (χ4n) is 1.60. The van der Waals surface area contributed by atoms with E-state index >= 15 is 0 Å². The summed E-state index contributed by atoms with van der Waals surface area (Å²) in [6, 6.07) is 3.84. The van der Waals surface area contributed by atoms with Crippen LogP contribution in [0.4, 0.5) is 4.56 Å².